The van der Waals surface area contributed by atoms with Crippen molar-refractivity contribution < 1.29 is 4.79 Å². The Hall–Kier alpha value is -2.29. The van der Waals surface area contributed by atoms with E-state index in [9.17, 15) is 4.79 Å². The van der Waals surface area contributed by atoms with Gasteiger partial charge in [-0.1, -0.05) is 0 Å². The van der Waals surface area contributed by atoms with Crippen molar-refractivity contribution in [1.29, 1.82) is 5.26 Å². The maximum absolute atomic E-state index is 12.1. The van der Waals surface area contributed by atoms with E-state index < -0.39 is 0 Å². The average molecular weight is 287 g/mol. The van der Waals surface area contributed by atoms with Gasteiger partial charge in [-0.25, -0.2) is 9.78 Å². The molecule has 2 amide bonds. The number of urea groups is 1. The third-order valence-electron chi connectivity index (χ3n) is 3.69. The zero-order chi connectivity index (χ0) is 15.1. The molecule has 112 valence electrons. The van der Waals surface area contributed by atoms with Gasteiger partial charge in [0.15, 0.2) is 0 Å². The predicted molar refractivity (Wildman–Crippen MR) is 80.9 cm³/mol. The topological polar surface area (TPSA) is 81.1 Å². The minimum atomic E-state index is -0.00877. The van der Waals surface area contributed by atoms with Gasteiger partial charge in [0.2, 0.25) is 0 Å². The molecule has 1 saturated heterocycles. The molecular weight excluding hydrogens is 266 g/mol. The fourth-order valence-corrected chi connectivity index (χ4v) is 2.49. The van der Waals surface area contributed by atoms with Crippen LogP contribution in [0.15, 0.2) is 18.3 Å². The molecule has 0 radical (unpaired) electrons. The van der Waals surface area contributed by atoms with Crippen LogP contribution in [0.25, 0.3) is 0 Å². The molecule has 1 aliphatic heterocycles. The molecular formula is C15H21N5O. The quantitative estimate of drug-likeness (QED) is 0.829. The van der Waals surface area contributed by atoms with E-state index in [2.05, 4.69) is 28.6 Å². The maximum Gasteiger partial charge on any atom is 0.317 e. The van der Waals surface area contributed by atoms with Crippen molar-refractivity contribution in [3.63, 3.8) is 0 Å². The van der Waals surface area contributed by atoms with Crippen molar-refractivity contribution in [1.82, 2.24) is 15.2 Å². The summed E-state index contributed by atoms with van der Waals surface area (Å²) in [4.78, 5) is 18.1. The van der Waals surface area contributed by atoms with Crippen LogP contribution < -0.4 is 10.6 Å². The number of pyridine rings is 1. The molecule has 0 saturated carbocycles. The number of carbonyl (C=O) groups is 1. The molecule has 0 aliphatic carbocycles. The van der Waals surface area contributed by atoms with Gasteiger partial charge in [0, 0.05) is 31.9 Å². The molecule has 1 fully saturated rings. The molecule has 1 aromatic heterocycles. The zero-order valence-electron chi connectivity index (χ0n) is 12.3. The van der Waals surface area contributed by atoms with Crippen LogP contribution in [0.5, 0.6) is 0 Å². The predicted octanol–water partition coefficient (Wildman–Crippen LogP) is 1.95. The average Bonchev–Trinajstić information content (AvgIpc) is 2.52. The largest absolute Gasteiger partial charge is 0.367 e. The lowest BCUT2D eigenvalue weighted by Gasteiger charge is -2.33. The molecule has 1 aromatic rings. The fourth-order valence-electron chi connectivity index (χ4n) is 2.49. The highest BCUT2D eigenvalue weighted by Crippen LogP contribution is 2.16. The first-order chi connectivity index (χ1) is 10.2. The highest BCUT2D eigenvalue weighted by Gasteiger charge is 2.22. The van der Waals surface area contributed by atoms with Crippen molar-refractivity contribution in [2.24, 2.45) is 0 Å². The van der Waals surface area contributed by atoms with E-state index in [1.165, 1.54) is 6.42 Å². The molecule has 6 nitrogen and oxygen atoms in total. The van der Waals surface area contributed by atoms with E-state index in [0.29, 0.717) is 30.5 Å². The summed E-state index contributed by atoms with van der Waals surface area (Å²) in [6, 6.07) is 5.82. The van der Waals surface area contributed by atoms with Gasteiger partial charge >= 0.3 is 6.03 Å². The number of nitrogens with one attached hydrogen (secondary N) is 2. The molecule has 0 bridgehead atoms. The highest BCUT2D eigenvalue weighted by atomic mass is 16.2. The number of piperidine rings is 1. The minimum Gasteiger partial charge on any atom is -0.367 e. The summed E-state index contributed by atoms with van der Waals surface area (Å²) in [7, 11) is 0. The van der Waals surface area contributed by atoms with E-state index in [1.807, 2.05) is 4.90 Å². The summed E-state index contributed by atoms with van der Waals surface area (Å²) >= 11 is 0. The number of carbonyl (C=O) groups excluding carboxylic acids is 1. The van der Waals surface area contributed by atoms with Crippen molar-refractivity contribution in [2.75, 3.05) is 25.0 Å². The number of nitrogens with zero attached hydrogens (tertiary/aromatic N) is 3. The smallest absolute Gasteiger partial charge is 0.317 e. The highest BCUT2D eigenvalue weighted by molar-refractivity contribution is 5.74. The number of hydrogen-bond donors (Lipinski definition) is 2. The normalized spacial score (nSPS) is 17.9. The van der Waals surface area contributed by atoms with Gasteiger partial charge in [-0.2, -0.15) is 5.26 Å². The van der Waals surface area contributed by atoms with Crippen molar-refractivity contribution in [3.8, 4) is 6.07 Å². The van der Waals surface area contributed by atoms with E-state index in [-0.39, 0.29) is 6.03 Å². The van der Waals surface area contributed by atoms with Gasteiger partial charge < -0.3 is 15.5 Å². The van der Waals surface area contributed by atoms with Crippen LogP contribution in [0.3, 0.4) is 0 Å². The van der Waals surface area contributed by atoms with Crippen molar-refractivity contribution >= 4 is 11.8 Å². The SMILES string of the molecule is CC1CCCCN1C(=O)NCCNc1ncccc1C#N. The van der Waals surface area contributed by atoms with Gasteiger partial charge in [0.25, 0.3) is 0 Å². The lowest BCUT2D eigenvalue weighted by Crippen LogP contribution is -2.48. The van der Waals surface area contributed by atoms with Crippen molar-refractivity contribution in [2.45, 2.75) is 32.2 Å². The summed E-state index contributed by atoms with van der Waals surface area (Å²) in [5, 5.41) is 14.9. The Bertz CT molecular complexity index is 525. The summed E-state index contributed by atoms with van der Waals surface area (Å²) in [6.07, 6.45) is 4.99. The Balaban J connectivity index is 1.74. The van der Waals surface area contributed by atoms with Crippen molar-refractivity contribution in [3.05, 3.63) is 23.9 Å². The summed E-state index contributed by atoms with van der Waals surface area (Å²) in [5.74, 6) is 0.556. The summed E-state index contributed by atoms with van der Waals surface area (Å²) in [5.41, 5.74) is 0.508. The second-order valence-corrected chi connectivity index (χ2v) is 5.21. The lowest BCUT2D eigenvalue weighted by molar-refractivity contribution is 0.158. The first kappa shape index (κ1) is 15.1. The Morgan fingerprint density at radius 3 is 3.14 bits per heavy atom. The second-order valence-electron chi connectivity index (χ2n) is 5.21. The summed E-state index contributed by atoms with van der Waals surface area (Å²) in [6.45, 7) is 3.96. The van der Waals surface area contributed by atoms with Crippen LogP contribution in [0.2, 0.25) is 0 Å². The van der Waals surface area contributed by atoms with Crippen LogP contribution in [-0.4, -0.2) is 41.6 Å². The molecule has 2 rings (SSSR count). The number of likely N-dealkylation sites (tertiary alicyclic amines) is 1. The first-order valence-electron chi connectivity index (χ1n) is 7.36. The second kappa shape index (κ2) is 7.48. The van der Waals surface area contributed by atoms with Crippen LogP contribution >= 0.6 is 0 Å². The molecule has 0 aromatic carbocycles. The van der Waals surface area contributed by atoms with E-state index in [4.69, 9.17) is 5.26 Å². The van der Waals surface area contributed by atoms with Crippen LogP contribution in [-0.2, 0) is 0 Å². The maximum atomic E-state index is 12.1. The standard InChI is InChI=1S/C15H21N5O/c1-12-5-2-3-10-20(12)15(21)19-9-8-18-14-13(11-16)6-4-7-17-14/h4,6-7,12H,2-3,5,8-10H2,1H3,(H,17,18)(H,19,21). The Morgan fingerprint density at radius 1 is 1.52 bits per heavy atom. The van der Waals surface area contributed by atoms with Gasteiger partial charge in [0.05, 0.1) is 5.56 Å². The number of anilines is 1. The summed E-state index contributed by atoms with van der Waals surface area (Å²) < 4.78 is 0. The fraction of sp³-hybridized carbons (Fsp3) is 0.533. The van der Waals surface area contributed by atoms with E-state index in [0.717, 1.165) is 19.4 Å². The minimum absolute atomic E-state index is 0.00877. The van der Waals surface area contributed by atoms with Gasteiger partial charge in [-0.3, -0.25) is 0 Å². The zero-order valence-corrected chi connectivity index (χ0v) is 12.3. The molecule has 1 aliphatic rings. The Labute approximate surface area is 125 Å². The molecule has 1 atom stereocenters. The molecule has 0 spiro atoms. The Kier molecular flexibility index (Phi) is 5.38. The molecule has 6 heteroatoms. The van der Waals surface area contributed by atoms with Crippen LogP contribution in [0.4, 0.5) is 10.6 Å². The van der Waals surface area contributed by atoms with Gasteiger partial charge in [-0.15, -0.1) is 0 Å². The van der Waals surface area contributed by atoms with E-state index in [1.54, 1.807) is 18.3 Å². The number of nitriles is 1. The van der Waals surface area contributed by atoms with Crippen LogP contribution in [0.1, 0.15) is 31.7 Å². The lowest BCUT2D eigenvalue weighted by atomic mass is 10.0. The molecule has 21 heavy (non-hydrogen) atoms. The third-order valence-corrected chi connectivity index (χ3v) is 3.69. The van der Waals surface area contributed by atoms with Gasteiger partial charge in [-0.05, 0) is 38.3 Å². The number of aromatic nitrogens is 1. The van der Waals surface area contributed by atoms with Crippen LogP contribution in [0, 0.1) is 11.3 Å². The third kappa shape index (κ3) is 4.09. The van der Waals surface area contributed by atoms with Gasteiger partial charge in [0.1, 0.15) is 11.9 Å². The number of hydrogen-bond acceptors (Lipinski definition) is 4. The first-order valence-corrected chi connectivity index (χ1v) is 7.36. The number of rotatable bonds is 4. The molecule has 2 N–H and O–H groups in total. The monoisotopic (exact) mass is 287 g/mol. The molecule has 1 unspecified atom stereocenters. The van der Waals surface area contributed by atoms with E-state index >= 15 is 0 Å². The molecule has 2 heterocycles. The number of amides is 2. The Morgan fingerprint density at radius 2 is 2.38 bits per heavy atom.